The molecule has 2 saturated carbocycles. The van der Waals surface area contributed by atoms with Crippen LogP contribution >= 0.6 is 0 Å². The standard InChI is InChI=1S/C16H28N2O2/c1-13(19)18(15-9-5-6-10-15)12-11-17-16(20)14-7-3-2-4-8-14/h14-15H,2-12H2,1H3,(H,17,20). The molecule has 2 rings (SSSR count). The van der Waals surface area contributed by atoms with E-state index in [0.717, 1.165) is 25.7 Å². The van der Waals surface area contributed by atoms with E-state index in [9.17, 15) is 9.59 Å². The van der Waals surface area contributed by atoms with Gasteiger partial charge in [-0.1, -0.05) is 32.1 Å². The predicted molar refractivity (Wildman–Crippen MR) is 79.2 cm³/mol. The van der Waals surface area contributed by atoms with Gasteiger partial charge in [-0.05, 0) is 25.7 Å². The van der Waals surface area contributed by atoms with E-state index < -0.39 is 0 Å². The Labute approximate surface area is 122 Å². The molecule has 0 spiro atoms. The number of rotatable bonds is 5. The average molecular weight is 280 g/mol. The van der Waals surface area contributed by atoms with Crippen LogP contribution in [0.5, 0.6) is 0 Å². The molecule has 0 atom stereocenters. The van der Waals surface area contributed by atoms with E-state index in [-0.39, 0.29) is 17.7 Å². The third kappa shape index (κ3) is 4.22. The Kier molecular flexibility index (Phi) is 5.86. The molecule has 4 nitrogen and oxygen atoms in total. The number of nitrogens with zero attached hydrogens (tertiary/aromatic N) is 1. The van der Waals surface area contributed by atoms with E-state index in [2.05, 4.69) is 5.32 Å². The highest BCUT2D eigenvalue weighted by atomic mass is 16.2. The first-order valence-electron chi connectivity index (χ1n) is 8.23. The first kappa shape index (κ1) is 15.3. The summed E-state index contributed by atoms with van der Waals surface area (Å²) in [7, 11) is 0. The van der Waals surface area contributed by atoms with Gasteiger partial charge in [0, 0.05) is 32.0 Å². The second kappa shape index (κ2) is 7.65. The zero-order valence-corrected chi connectivity index (χ0v) is 12.7. The molecule has 0 aliphatic heterocycles. The second-order valence-electron chi connectivity index (χ2n) is 6.28. The van der Waals surface area contributed by atoms with Gasteiger partial charge in [0.2, 0.25) is 11.8 Å². The average Bonchev–Trinajstić information content (AvgIpc) is 2.97. The van der Waals surface area contributed by atoms with Gasteiger partial charge < -0.3 is 10.2 Å². The van der Waals surface area contributed by atoms with Crippen molar-refractivity contribution in [2.75, 3.05) is 13.1 Å². The molecular formula is C16H28N2O2. The molecule has 0 aromatic rings. The lowest BCUT2D eigenvalue weighted by atomic mass is 9.89. The van der Waals surface area contributed by atoms with Gasteiger partial charge in [-0.25, -0.2) is 0 Å². The fourth-order valence-corrected chi connectivity index (χ4v) is 3.62. The van der Waals surface area contributed by atoms with Crippen LogP contribution in [0.25, 0.3) is 0 Å². The zero-order valence-electron chi connectivity index (χ0n) is 12.7. The quantitative estimate of drug-likeness (QED) is 0.841. The molecule has 0 bridgehead atoms. The molecular weight excluding hydrogens is 252 g/mol. The van der Waals surface area contributed by atoms with Crippen LogP contribution in [-0.2, 0) is 9.59 Å². The summed E-state index contributed by atoms with van der Waals surface area (Å²) in [5.41, 5.74) is 0. The van der Waals surface area contributed by atoms with Gasteiger partial charge in [0.1, 0.15) is 0 Å². The number of amides is 2. The molecule has 2 amide bonds. The van der Waals surface area contributed by atoms with E-state index in [1.54, 1.807) is 6.92 Å². The van der Waals surface area contributed by atoms with Crippen LogP contribution < -0.4 is 5.32 Å². The van der Waals surface area contributed by atoms with Crippen molar-refractivity contribution < 1.29 is 9.59 Å². The van der Waals surface area contributed by atoms with Gasteiger partial charge in [0.15, 0.2) is 0 Å². The van der Waals surface area contributed by atoms with Crippen LogP contribution in [-0.4, -0.2) is 35.8 Å². The molecule has 0 unspecified atom stereocenters. The predicted octanol–water partition coefficient (Wildman–Crippen LogP) is 2.47. The molecule has 1 N–H and O–H groups in total. The van der Waals surface area contributed by atoms with Gasteiger partial charge >= 0.3 is 0 Å². The first-order valence-corrected chi connectivity index (χ1v) is 8.23. The third-order valence-corrected chi connectivity index (χ3v) is 4.80. The summed E-state index contributed by atoms with van der Waals surface area (Å²) in [6.07, 6.45) is 10.4. The Morgan fingerprint density at radius 2 is 1.60 bits per heavy atom. The maximum atomic E-state index is 12.1. The molecule has 4 heteroatoms. The summed E-state index contributed by atoms with van der Waals surface area (Å²) in [4.78, 5) is 25.7. The van der Waals surface area contributed by atoms with Crippen LogP contribution in [0.3, 0.4) is 0 Å². The Balaban J connectivity index is 1.72. The van der Waals surface area contributed by atoms with Gasteiger partial charge in [0.05, 0.1) is 0 Å². The van der Waals surface area contributed by atoms with E-state index in [4.69, 9.17) is 0 Å². The van der Waals surface area contributed by atoms with Crippen LogP contribution in [0.4, 0.5) is 0 Å². The lowest BCUT2D eigenvalue weighted by Gasteiger charge is -2.28. The van der Waals surface area contributed by atoms with Gasteiger partial charge in [-0.15, -0.1) is 0 Å². The number of hydrogen-bond donors (Lipinski definition) is 1. The van der Waals surface area contributed by atoms with Crippen molar-refractivity contribution in [2.45, 2.75) is 70.8 Å². The highest BCUT2D eigenvalue weighted by molar-refractivity contribution is 5.78. The van der Waals surface area contributed by atoms with Crippen molar-refractivity contribution in [3.8, 4) is 0 Å². The molecule has 0 aromatic carbocycles. The van der Waals surface area contributed by atoms with Gasteiger partial charge in [-0.2, -0.15) is 0 Å². The molecule has 2 aliphatic carbocycles. The van der Waals surface area contributed by atoms with Crippen molar-refractivity contribution in [2.24, 2.45) is 5.92 Å². The van der Waals surface area contributed by atoms with Crippen LogP contribution in [0.2, 0.25) is 0 Å². The van der Waals surface area contributed by atoms with E-state index >= 15 is 0 Å². The smallest absolute Gasteiger partial charge is 0.223 e. The van der Waals surface area contributed by atoms with E-state index in [1.165, 1.54) is 32.1 Å². The number of carbonyl (C=O) groups excluding carboxylic acids is 2. The van der Waals surface area contributed by atoms with Gasteiger partial charge in [0.25, 0.3) is 0 Å². The molecule has 2 aliphatic rings. The number of nitrogens with one attached hydrogen (secondary N) is 1. The Morgan fingerprint density at radius 3 is 2.20 bits per heavy atom. The topological polar surface area (TPSA) is 49.4 Å². The molecule has 0 heterocycles. The van der Waals surface area contributed by atoms with Crippen molar-refractivity contribution in [3.63, 3.8) is 0 Å². The van der Waals surface area contributed by atoms with Crippen LogP contribution in [0.15, 0.2) is 0 Å². The number of carbonyl (C=O) groups is 2. The summed E-state index contributed by atoms with van der Waals surface area (Å²) in [6.45, 7) is 2.91. The minimum atomic E-state index is 0.142. The highest BCUT2D eigenvalue weighted by Gasteiger charge is 2.25. The van der Waals surface area contributed by atoms with E-state index in [0.29, 0.717) is 19.1 Å². The summed E-state index contributed by atoms with van der Waals surface area (Å²) in [5, 5.41) is 3.03. The molecule has 0 radical (unpaired) electrons. The normalized spacial score (nSPS) is 20.9. The fraction of sp³-hybridized carbons (Fsp3) is 0.875. The lowest BCUT2D eigenvalue weighted by molar-refractivity contribution is -0.132. The third-order valence-electron chi connectivity index (χ3n) is 4.80. The van der Waals surface area contributed by atoms with Crippen molar-refractivity contribution in [3.05, 3.63) is 0 Å². The Bertz CT molecular complexity index is 331. The fourth-order valence-electron chi connectivity index (χ4n) is 3.62. The molecule has 114 valence electrons. The monoisotopic (exact) mass is 280 g/mol. The molecule has 2 fully saturated rings. The van der Waals surface area contributed by atoms with Crippen molar-refractivity contribution in [1.29, 1.82) is 0 Å². The maximum Gasteiger partial charge on any atom is 0.223 e. The second-order valence-corrected chi connectivity index (χ2v) is 6.28. The highest BCUT2D eigenvalue weighted by Crippen LogP contribution is 2.24. The Hall–Kier alpha value is -1.06. The summed E-state index contributed by atoms with van der Waals surface area (Å²) in [6, 6.07) is 0.402. The molecule has 20 heavy (non-hydrogen) atoms. The lowest BCUT2D eigenvalue weighted by Crippen LogP contribution is -2.43. The minimum absolute atomic E-state index is 0.142. The Morgan fingerprint density at radius 1 is 1.00 bits per heavy atom. The zero-order chi connectivity index (χ0) is 14.4. The van der Waals surface area contributed by atoms with Crippen LogP contribution in [0.1, 0.15) is 64.7 Å². The van der Waals surface area contributed by atoms with Crippen molar-refractivity contribution >= 4 is 11.8 Å². The maximum absolute atomic E-state index is 12.1. The van der Waals surface area contributed by atoms with E-state index in [1.807, 2.05) is 4.90 Å². The first-order chi connectivity index (χ1) is 9.68. The number of hydrogen-bond acceptors (Lipinski definition) is 2. The largest absolute Gasteiger partial charge is 0.354 e. The SMILES string of the molecule is CC(=O)N(CCNC(=O)C1CCCCC1)C1CCCC1. The summed E-state index contributed by atoms with van der Waals surface area (Å²) < 4.78 is 0. The van der Waals surface area contributed by atoms with Crippen LogP contribution in [0, 0.1) is 5.92 Å². The summed E-state index contributed by atoms with van der Waals surface area (Å²) in [5.74, 6) is 0.546. The van der Waals surface area contributed by atoms with Crippen molar-refractivity contribution in [1.82, 2.24) is 10.2 Å². The molecule has 0 aromatic heterocycles. The molecule has 0 saturated heterocycles. The minimum Gasteiger partial charge on any atom is -0.354 e. The van der Waals surface area contributed by atoms with Gasteiger partial charge in [-0.3, -0.25) is 9.59 Å². The summed E-state index contributed by atoms with van der Waals surface area (Å²) >= 11 is 0.